The maximum atomic E-state index is 13.9. The van der Waals surface area contributed by atoms with Crippen LogP contribution in [0.4, 0.5) is 10.1 Å². The van der Waals surface area contributed by atoms with Gasteiger partial charge in [-0.25, -0.2) is 9.07 Å². The second kappa shape index (κ2) is 8.03. The summed E-state index contributed by atoms with van der Waals surface area (Å²) in [6.45, 7) is 0. The average Bonchev–Trinajstić information content (AvgIpc) is 3.20. The Morgan fingerprint density at radius 3 is 2.48 bits per heavy atom. The summed E-state index contributed by atoms with van der Waals surface area (Å²) in [6, 6.07) is 21.6. The minimum Gasteiger partial charge on any atom is -0.364 e. The van der Waals surface area contributed by atoms with Gasteiger partial charge in [0.2, 0.25) is 0 Å². The second-order valence-corrected chi connectivity index (χ2v) is 7.84. The highest BCUT2D eigenvalue weighted by Gasteiger charge is 2.19. The van der Waals surface area contributed by atoms with Gasteiger partial charge in [0.25, 0.3) is 11.8 Å². The van der Waals surface area contributed by atoms with E-state index in [2.05, 4.69) is 10.4 Å². The van der Waals surface area contributed by atoms with Crippen molar-refractivity contribution >= 4 is 50.8 Å². The molecule has 162 valence electrons. The number of aromatic nitrogens is 2. The highest BCUT2D eigenvalue weighted by atomic mass is 35.5. The number of nitrogens with one attached hydrogen (secondary N) is 1. The lowest BCUT2D eigenvalue weighted by Crippen LogP contribution is -2.12. The average molecular weight is 459 g/mol. The monoisotopic (exact) mass is 458 g/mol. The molecule has 2 amide bonds. The second-order valence-electron chi connectivity index (χ2n) is 7.44. The molecule has 0 aliphatic carbocycles. The molecular weight excluding hydrogens is 443 g/mol. The smallest absolute Gasteiger partial charge is 0.269 e. The quantitative estimate of drug-likeness (QED) is 0.382. The Hall–Kier alpha value is -4.23. The molecule has 8 heteroatoms. The van der Waals surface area contributed by atoms with Crippen LogP contribution in [0.25, 0.3) is 27.4 Å². The molecule has 6 nitrogen and oxygen atoms in total. The predicted molar refractivity (Wildman–Crippen MR) is 126 cm³/mol. The number of amides is 2. The van der Waals surface area contributed by atoms with E-state index < -0.39 is 11.7 Å². The van der Waals surface area contributed by atoms with Gasteiger partial charge in [-0.15, -0.1) is 0 Å². The summed E-state index contributed by atoms with van der Waals surface area (Å²) in [5.74, 6) is -1.49. The number of carbonyl (C=O) groups excluding carboxylic acids is 2. The number of hydrogen-bond donors (Lipinski definition) is 2. The molecule has 3 N–H and O–H groups in total. The molecule has 0 atom stereocenters. The molecule has 0 aliphatic rings. The Morgan fingerprint density at radius 2 is 1.73 bits per heavy atom. The lowest BCUT2D eigenvalue weighted by molar-refractivity contribution is 0.0994. The molecule has 0 saturated carbocycles. The molecule has 0 fully saturated rings. The zero-order chi connectivity index (χ0) is 23.1. The van der Waals surface area contributed by atoms with E-state index in [1.54, 1.807) is 54.6 Å². The molecule has 5 aromatic rings. The van der Waals surface area contributed by atoms with Crippen molar-refractivity contribution in [1.82, 2.24) is 9.78 Å². The molecule has 1 aromatic heterocycles. The van der Waals surface area contributed by atoms with Gasteiger partial charge in [0.05, 0.1) is 21.8 Å². The van der Waals surface area contributed by atoms with Crippen LogP contribution in [0, 0.1) is 5.82 Å². The number of nitrogens with two attached hydrogens (primary N) is 1. The molecule has 33 heavy (non-hydrogen) atoms. The van der Waals surface area contributed by atoms with Crippen LogP contribution in [-0.2, 0) is 0 Å². The molecule has 0 saturated heterocycles. The fraction of sp³-hybridized carbons (Fsp3) is 0. The van der Waals surface area contributed by atoms with Crippen LogP contribution in [0.2, 0.25) is 5.02 Å². The fourth-order valence-electron chi connectivity index (χ4n) is 3.83. The van der Waals surface area contributed by atoms with Crippen molar-refractivity contribution in [1.29, 1.82) is 0 Å². The zero-order valence-corrected chi connectivity index (χ0v) is 17.8. The number of fused-ring (bicyclic) bond motifs is 3. The van der Waals surface area contributed by atoms with Crippen LogP contribution in [0.5, 0.6) is 0 Å². The number of anilines is 1. The van der Waals surface area contributed by atoms with E-state index >= 15 is 0 Å². The Morgan fingerprint density at radius 1 is 0.939 bits per heavy atom. The SMILES string of the molecule is NC(=O)c1nn(-c2cccc(F)c2)c2c1ccc1ccc(NC(=O)c3ccccc3Cl)cc12. The van der Waals surface area contributed by atoms with Crippen molar-refractivity contribution in [3.63, 3.8) is 0 Å². The van der Waals surface area contributed by atoms with Crippen molar-refractivity contribution in [2.24, 2.45) is 5.73 Å². The van der Waals surface area contributed by atoms with Gasteiger partial charge in [-0.3, -0.25) is 9.59 Å². The number of primary amides is 1. The minimum absolute atomic E-state index is 0.0710. The third-order valence-corrected chi connectivity index (χ3v) is 5.65. The maximum Gasteiger partial charge on any atom is 0.269 e. The lowest BCUT2D eigenvalue weighted by atomic mass is 10.0. The first-order valence-corrected chi connectivity index (χ1v) is 10.4. The first-order chi connectivity index (χ1) is 15.9. The molecule has 1 heterocycles. The van der Waals surface area contributed by atoms with Gasteiger partial charge in [-0.2, -0.15) is 5.10 Å². The van der Waals surface area contributed by atoms with Crippen molar-refractivity contribution in [3.05, 3.63) is 101 Å². The van der Waals surface area contributed by atoms with Gasteiger partial charge in [0.15, 0.2) is 5.69 Å². The van der Waals surface area contributed by atoms with Crippen LogP contribution in [0.1, 0.15) is 20.8 Å². The van der Waals surface area contributed by atoms with Gasteiger partial charge in [0, 0.05) is 16.5 Å². The Balaban J connectivity index is 1.70. The van der Waals surface area contributed by atoms with Crippen LogP contribution < -0.4 is 11.1 Å². The summed E-state index contributed by atoms with van der Waals surface area (Å²) >= 11 is 6.15. The summed E-state index contributed by atoms with van der Waals surface area (Å²) in [7, 11) is 0. The maximum absolute atomic E-state index is 13.9. The van der Waals surface area contributed by atoms with Crippen molar-refractivity contribution in [2.45, 2.75) is 0 Å². The molecule has 0 radical (unpaired) electrons. The highest BCUT2D eigenvalue weighted by molar-refractivity contribution is 6.34. The highest BCUT2D eigenvalue weighted by Crippen LogP contribution is 2.32. The van der Waals surface area contributed by atoms with E-state index in [9.17, 15) is 14.0 Å². The Bertz CT molecular complexity index is 1580. The van der Waals surface area contributed by atoms with Crippen LogP contribution in [-0.4, -0.2) is 21.6 Å². The van der Waals surface area contributed by atoms with E-state index in [0.29, 0.717) is 38.3 Å². The Kier molecular flexibility index (Phi) is 5.03. The van der Waals surface area contributed by atoms with Gasteiger partial charge >= 0.3 is 0 Å². The molecular formula is C25H16ClFN4O2. The summed E-state index contributed by atoms with van der Waals surface area (Å²) < 4.78 is 15.4. The number of halogens is 2. The van der Waals surface area contributed by atoms with Crippen LogP contribution >= 0.6 is 11.6 Å². The minimum atomic E-state index is -0.697. The van der Waals surface area contributed by atoms with Gasteiger partial charge in [-0.05, 0) is 53.9 Å². The van der Waals surface area contributed by atoms with E-state index in [0.717, 1.165) is 5.39 Å². The molecule has 5 rings (SSSR count). The summed E-state index contributed by atoms with van der Waals surface area (Å²) in [6.07, 6.45) is 0. The third kappa shape index (κ3) is 3.68. The standard InChI is InChI=1S/C25H16ClFN4O2/c26-21-7-2-1-6-18(21)25(33)29-16-10-8-14-9-11-19-22(24(28)32)30-31(23(19)20(14)13-16)17-5-3-4-15(27)12-17/h1-13H,(H2,28,32)(H,29,33). The largest absolute Gasteiger partial charge is 0.364 e. The lowest BCUT2D eigenvalue weighted by Gasteiger charge is -2.10. The predicted octanol–water partition coefficient (Wildman–Crippen LogP) is 5.32. The van der Waals surface area contributed by atoms with E-state index in [1.807, 2.05) is 12.1 Å². The summed E-state index contributed by atoms with van der Waals surface area (Å²) in [5, 5.41) is 9.63. The first-order valence-electron chi connectivity index (χ1n) is 9.99. The summed E-state index contributed by atoms with van der Waals surface area (Å²) in [4.78, 5) is 24.8. The van der Waals surface area contributed by atoms with Crippen LogP contribution in [0.15, 0.2) is 78.9 Å². The van der Waals surface area contributed by atoms with E-state index in [-0.39, 0.29) is 11.6 Å². The Labute approximate surface area is 192 Å². The number of carbonyl (C=O) groups is 2. The number of rotatable bonds is 4. The molecule has 0 spiro atoms. The fourth-order valence-corrected chi connectivity index (χ4v) is 4.05. The van der Waals surface area contributed by atoms with Crippen LogP contribution in [0.3, 0.4) is 0 Å². The van der Waals surface area contributed by atoms with Crippen molar-refractivity contribution < 1.29 is 14.0 Å². The van der Waals surface area contributed by atoms with Gasteiger partial charge in [-0.1, -0.05) is 41.9 Å². The third-order valence-electron chi connectivity index (χ3n) is 5.32. The topological polar surface area (TPSA) is 90.0 Å². The number of nitrogens with zero attached hydrogens (tertiary/aromatic N) is 2. The van der Waals surface area contributed by atoms with Gasteiger partial charge < -0.3 is 11.1 Å². The molecule has 4 aromatic carbocycles. The molecule has 0 unspecified atom stereocenters. The van der Waals surface area contributed by atoms with E-state index in [4.69, 9.17) is 17.3 Å². The first kappa shape index (κ1) is 20.7. The van der Waals surface area contributed by atoms with E-state index in [1.165, 1.54) is 16.8 Å². The zero-order valence-electron chi connectivity index (χ0n) is 17.0. The number of benzene rings is 4. The molecule has 0 aliphatic heterocycles. The van der Waals surface area contributed by atoms with Gasteiger partial charge in [0.1, 0.15) is 5.82 Å². The summed E-state index contributed by atoms with van der Waals surface area (Å²) in [5.41, 5.74) is 7.50. The normalized spacial score (nSPS) is 11.1. The van der Waals surface area contributed by atoms with Crippen molar-refractivity contribution in [3.8, 4) is 5.69 Å². The molecule has 0 bridgehead atoms. The number of hydrogen-bond acceptors (Lipinski definition) is 3. The van der Waals surface area contributed by atoms with Crippen molar-refractivity contribution in [2.75, 3.05) is 5.32 Å².